The van der Waals surface area contributed by atoms with Crippen LogP contribution in [0.4, 0.5) is 0 Å². The Morgan fingerprint density at radius 1 is 1.39 bits per heavy atom. The van der Waals surface area contributed by atoms with Crippen molar-refractivity contribution in [3.8, 4) is 0 Å². The zero-order valence-electron chi connectivity index (χ0n) is 16.4. The molecule has 1 amide bonds. The molecule has 8 heteroatoms. The van der Waals surface area contributed by atoms with E-state index in [0.29, 0.717) is 12.8 Å². The SMILES string of the molecule is [2H]C([2H])([2H])C(=O)N[C@@H](C(CC)CC)[C@@H]1[C@H](O)[C@@H](C(=O)O)C[C@H]1N=C(N)N. The quantitative estimate of drug-likeness (QED) is 0.318. The highest BCUT2D eigenvalue weighted by Gasteiger charge is 2.50. The van der Waals surface area contributed by atoms with Gasteiger partial charge in [0.1, 0.15) is 0 Å². The number of rotatable bonds is 7. The summed E-state index contributed by atoms with van der Waals surface area (Å²) in [4.78, 5) is 27.6. The average Bonchev–Trinajstić information content (AvgIpc) is 2.82. The van der Waals surface area contributed by atoms with Crippen LogP contribution in [0.3, 0.4) is 0 Å². The van der Waals surface area contributed by atoms with Crippen LogP contribution in [-0.4, -0.2) is 46.2 Å². The van der Waals surface area contributed by atoms with Crippen molar-refractivity contribution in [1.29, 1.82) is 0 Å². The first kappa shape index (κ1) is 14.7. The number of carboxylic acid groups (broad SMARTS) is 1. The van der Waals surface area contributed by atoms with E-state index in [9.17, 15) is 19.8 Å². The summed E-state index contributed by atoms with van der Waals surface area (Å²) in [6, 6.07) is -1.51. The second-order valence-electron chi connectivity index (χ2n) is 5.95. The molecule has 0 aromatic carbocycles. The Hall–Kier alpha value is -1.83. The minimum Gasteiger partial charge on any atom is -0.481 e. The second kappa shape index (κ2) is 8.14. The number of aliphatic hydroxyl groups is 1. The van der Waals surface area contributed by atoms with Gasteiger partial charge in [-0.25, -0.2) is 4.99 Å². The lowest BCUT2D eigenvalue weighted by molar-refractivity contribution is -0.145. The summed E-state index contributed by atoms with van der Waals surface area (Å²) in [6.45, 7) is 0.883. The molecule has 0 bridgehead atoms. The molecule has 1 aliphatic rings. The Labute approximate surface area is 140 Å². The topological polar surface area (TPSA) is 151 Å². The maximum absolute atomic E-state index is 12.1. The van der Waals surface area contributed by atoms with Crippen molar-refractivity contribution in [2.24, 2.45) is 34.2 Å². The van der Waals surface area contributed by atoms with Crippen molar-refractivity contribution in [3.63, 3.8) is 0 Å². The third kappa shape index (κ3) is 4.57. The molecule has 8 nitrogen and oxygen atoms in total. The van der Waals surface area contributed by atoms with Gasteiger partial charge in [0.05, 0.1) is 18.1 Å². The molecule has 0 heterocycles. The third-order valence-electron chi connectivity index (χ3n) is 4.65. The van der Waals surface area contributed by atoms with E-state index in [1.165, 1.54) is 0 Å². The van der Waals surface area contributed by atoms with Gasteiger partial charge >= 0.3 is 5.97 Å². The Bertz CT molecular complexity index is 547. The van der Waals surface area contributed by atoms with Crippen LogP contribution in [0.1, 0.15) is 44.1 Å². The van der Waals surface area contributed by atoms with Gasteiger partial charge in [-0.05, 0) is 12.3 Å². The normalized spacial score (nSPS) is 30.9. The van der Waals surface area contributed by atoms with Gasteiger partial charge in [0.25, 0.3) is 0 Å². The number of aliphatic hydroxyl groups excluding tert-OH is 1. The van der Waals surface area contributed by atoms with E-state index in [2.05, 4.69) is 10.3 Å². The fourth-order valence-electron chi connectivity index (χ4n) is 3.56. The maximum atomic E-state index is 12.1. The van der Waals surface area contributed by atoms with E-state index in [1.807, 2.05) is 13.8 Å². The highest BCUT2D eigenvalue weighted by molar-refractivity contribution is 5.76. The lowest BCUT2D eigenvalue weighted by Crippen LogP contribution is -2.51. The summed E-state index contributed by atoms with van der Waals surface area (Å²) in [5, 5.41) is 22.4. The summed E-state index contributed by atoms with van der Waals surface area (Å²) in [5.41, 5.74) is 10.9. The molecular formula is C15H28N4O4. The smallest absolute Gasteiger partial charge is 0.309 e. The van der Waals surface area contributed by atoms with Gasteiger partial charge in [-0.3, -0.25) is 9.59 Å². The molecule has 0 aromatic rings. The van der Waals surface area contributed by atoms with E-state index in [1.54, 1.807) is 0 Å². The van der Waals surface area contributed by atoms with Crippen LogP contribution in [0.2, 0.25) is 0 Å². The minimum absolute atomic E-state index is 0.000641. The molecule has 1 rings (SSSR count). The second-order valence-corrected chi connectivity index (χ2v) is 5.95. The summed E-state index contributed by atoms with van der Waals surface area (Å²) in [7, 11) is 0. The molecule has 5 atom stereocenters. The zero-order chi connectivity index (χ0) is 20.2. The number of aliphatic imine (C=N–C) groups is 1. The Balaban J connectivity index is 3.31. The van der Waals surface area contributed by atoms with Gasteiger partial charge in [0.2, 0.25) is 5.91 Å². The predicted octanol–water partition coefficient (Wildman–Crippen LogP) is -0.349. The predicted molar refractivity (Wildman–Crippen MR) is 86.5 cm³/mol. The highest BCUT2D eigenvalue weighted by Crippen LogP contribution is 2.39. The molecular weight excluding hydrogens is 300 g/mol. The summed E-state index contributed by atoms with van der Waals surface area (Å²) in [6.07, 6.45) is -0.127. The Kier molecular flexibility index (Phi) is 5.22. The van der Waals surface area contributed by atoms with Crippen LogP contribution in [0.15, 0.2) is 4.99 Å². The number of amides is 1. The van der Waals surface area contributed by atoms with Crippen LogP contribution in [-0.2, 0) is 9.59 Å². The number of hydrogen-bond acceptors (Lipinski definition) is 4. The number of carbonyl (C=O) groups excluding carboxylic acids is 1. The van der Waals surface area contributed by atoms with Gasteiger partial charge in [0.15, 0.2) is 5.96 Å². The van der Waals surface area contributed by atoms with Crippen molar-refractivity contribution in [1.82, 2.24) is 5.32 Å². The zero-order valence-corrected chi connectivity index (χ0v) is 13.4. The molecule has 0 spiro atoms. The standard InChI is InChI=1S/C15H28N4O4/c1-4-8(5-2)12(18-7(3)20)11-10(19-15(16)17)6-9(13(11)21)14(22)23/h8-13,21H,4-6H2,1-3H3,(H,18,20)(H,22,23)(H4,16,17,19)/t9-,10+,11+,12-,13+/m0/s1/i3D3. The number of carbonyl (C=O) groups is 2. The number of nitrogens with one attached hydrogen (secondary N) is 1. The molecule has 0 aliphatic heterocycles. The van der Waals surface area contributed by atoms with Crippen LogP contribution in [0, 0.1) is 17.8 Å². The molecule has 1 aliphatic carbocycles. The monoisotopic (exact) mass is 331 g/mol. The fourth-order valence-corrected chi connectivity index (χ4v) is 3.56. The van der Waals surface area contributed by atoms with Crippen molar-refractivity contribution < 1.29 is 23.9 Å². The van der Waals surface area contributed by atoms with Crippen molar-refractivity contribution >= 4 is 17.8 Å². The van der Waals surface area contributed by atoms with E-state index < -0.39 is 48.8 Å². The third-order valence-corrected chi connectivity index (χ3v) is 4.65. The van der Waals surface area contributed by atoms with Crippen LogP contribution < -0.4 is 16.8 Å². The number of aliphatic carboxylic acids is 1. The largest absolute Gasteiger partial charge is 0.481 e. The van der Waals surface area contributed by atoms with E-state index in [4.69, 9.17) is 15.6 Å². The Morgan fingerprint density at radius 2 is 2.00 bits per heavy atom. The maximum Gasteiger partial charge on any atom is 0.309 e. The van der Waals surface area contributed by atoms with Gasteiger partial charge in [-0.2, -0.15) is 0 Å². The first-order chi connectivity index (χ1) is 11.9. The molecule has 0 aromatic heterocycles. The molecule has 0 saturated heterocycles. The van der Waals surface area contributed by atoms with E-state index in [-0.39, 0.29) is 18.3 Å². The molecule has 1 fully saturated rings. The van der Waals surface area contributed by atoms with Crippen LogP contribution in [0.5, 0.6) is 0 Å². The van der Waals surface area contributed by atoms with Crippen molar-refractivity contribution in [2.45, 2.75) is 58.1 Å². The van der Waals surface area contributed by atoms with Gasteiger partial charge in [-0.15, -0.1) is 0 Å². The highest BCUT2D eigenvalue weighted by atomic mass is 16.4. The molecule has 0 unspecified atom stereocenters. The van der Waals surface area contributed by atoms with E-state index >= 15 is 0 Å². The average molecular weight is 331 g/mol. The number of nitrogens with two attached hydrogens (primary N) is 2. The number of guanidine groups is 1. The molecule has 0 radical (unpaired) electrons. The fraction of sp³-hybridized carbons (Fsp3) is 0.800. The Morgan fingerprint density at radius 3 is 2.43 bits per heavy atom. The van der Waals surface area contributed by atoms with E-state index in [0.717, 1.165) is 0 Å². The molecule has 7 N–H and O–H groups in total. The number of nitrogens with zero attached hydrogens (tertiary/aromatic N) is 1. The lowest BCUT2D eigenvalue weighted by atomic mass is 9.80. The van der Waals surface area contributed by atoms with Crippen LogP contribution >= 0.6 is 0 Å². The van der Waals surface area contributed by atoms with Crippen molar-refractivity contribution in [2.75, 3.05) is 0 Å². The van der Waals surface area contributed by atoms with Gasteiger partial charge in [0, 0.05) is 22.9 Å². The van der Waals surface area contributed by atoms with Gasteiger partial charge < -0.3 is 27.0 Å². The van der Waals surface area contributed by atoms with Gasteiger partial charge in [-0.1, -0.05) is 26.7 Å². The molecule has 132 valence electrons. The van der Waals surface area contributed by atoms with Crippen molar-refractivity contribution in [3.05, 3.63) is 0 Å². The molecule has 1 saturated carbocycles. The summed E-state index contributed by atoms with van der Waals surface area (Å²) in [5.74, 6) is -4.69. The van der Waals surface area contributed by atoms with Crippen LogP contribution in [0.25, 0.3) is 0 Å². The number of carboxylic acids is 1. The summed E-state index contributed by atoms with van der Waals surface area (Å²) >= 11 is 0. The minimum atomic E-state index is -2.86. The summed E-state index contributed by atoms with van der Waals surface area (Å²) < 4.78 is 21.8. The first-order valence-electron chi connectivity index (χ1n) is 9.24. The lowest BCUT2D eigenvalue weighted by Gasteiger charge is -2.35. The molecule has 23 heavy (non-hydrogen) atoms. The number of hydrogen-bond donors (Lipinski definition) is 5. The first-order valence-corrected chi connectivity index (χ1v) is 7.74.